The van der Waals surface area contributed by atoms with Crippen LogP contribution in [0.15, 0.2) is 23.3 Å². The van der Waals surface area contributed by atoms with Crippen LogP contribution in [0.5, 0.6) is 0 Å². The molecule has 9 heteroatoms. The minimum absolute atomic E-state index is 0.0655. The van der Waals surface area contributed by atoms with Crippen molar-refractivity contribution in [2.24, 2.45) is 0 Å². The van der Waals surface area contributed by atoms with E-state index >= 15 is 0 Å². The highest BCUT2D eigenvalue weighted by atomic mass is 32.1. The third kappa shape index (κ3) is 4.74. The van der Waals surface area contributed by atoms with Gasteiger partial charge in [0.2, 0.25) is 5.91 Å². The maximum atomic E-state index is 13.4. The van der Waals surface area contributed by atoms with Crippen molar-refractivity contribution in [3.63, 3.8) is 0 Å². The lowest BCUT2D eigenvalue weighted by molar-refractivity contribution is -0.119. The van der Waals surface area contributed by atoms with Crippen LogP contribution in [-0.2, 0) is 16.1 Å². The SMILES string of the molecule is Cc1cc(C)c2sc(N(CCN3CCOCC3)C(=O)Cn3cnc(C)c(C)c3=O)nc2c1. The largest absolute Gasteiger partial charge is 0.379 e. The van der Waals surface area contributed by atoms with E-state index in [1.165, 1.54) is 22.2 Å². The van der Waals surface area contributed by atoms with Crippen LogP contribution < -0.4 is 10.5 Å². The number of carbonyl (C=O) groups is 1. The van der Waals surface area contributed by atoms with Crippen LogP contribution in [0.4, 0.5) is 5.13 Å². The molecule has 0 unspecified atom stereocenters. The van der Waals surface area contributed by atoms with Gasteiger partial charge in [0.25, 0.3) is 5.56 Å². The first kappa shape index (κ1) is 22.6. The molecule has 4 rings (SSSR count). The number of benzene rings is 1. The summed E-state index contributed by atoms with van der Waals surface area (Å²) in [4.78, 5) is 39.1. The number of ether oxygens (including phenoxy) is 1. The zero-order valence-corrected chi connectivity index (χ0v) is 19.9. The van der Waals surface area contributed by atoms with Crippen molar-refractivity contribution >= 4 is 32.6 Å². The summed E-state index contributed by atoms with van der Waals surface area (Å²) < 4.78 is 7.91. The number of rotatable bonds is 6. The number of anilines is 1. The number of thiazole rings is 1. The predicted molar refractivity (Wildman–Crippen MR) is 127 cm³/mol. The van der Waals surface area contributed by atoms with Crippen LogP contribution >= 0.6 is 11.3 Å². The third-order valence-electron chi connectivity index (χ3n) is 5.91. The third-order valence-corrected chi connectivity index (χ3v) is 7.13. The van der Waals surface area contributed by atoms with Gasteiger partial charge < -0.3 is 4.74 Å². The molecule has 0 radical (unpaired) electrons. The Morgan fingerprint density at radius 3 is 2.69 bits per heavy atom. The number of aromatic nitrogens is 3. The van der Waals surface area contributed by atoms with Crippen LogP contribution in [0.3, 0.4) is 0 Å². The fourth-order valence-electron chi connectivity index (χ4n) is 3.89. The summed E-state index contributed by atoms with van der Waals surface area (Å²) in [5.74, 6) is -0.168. The highest BCUT2D eigenvalue weighted by Crippen LogP contribution is 2.32. The highest BCUT2D eigenvalue weighted by Gasteiger charge is 2.23. The number of carbonyl (C=O) groups excluding carboxylic acids is 1. The van der Waals surface area contributed by atoms with Crippen LogP contribution in [0.2, 0.25) is 0 Å². The molecule has 1 saturated heterocycles. The molecule has 32 heavy (non-hydrogen) atoms. The number of nitrogens with zero attached hydrogens (tertiary/aromatic N) is 5. The normalized spacial score (nSPS) is 14.8. The first-order valence-corrected chi connectivity index (χ1v) is 11.7. The second-order valence-electron chi connectivity index (χ2n) is 8.31. The Hall–Kier alpha value is -2.62. The van der Waals surface area contributed by atoms with E-state index in [-0.39, 0.29) is 18.0 Å². The van der Waals surface area contributed by atoms with Crippen molar-refractivity contribution in [3.8, 4) is 0 Å². The Balaban J connectivity index is 1.64. The summed E-state index contributed by atoms with van der Waals surface area (Å²) in [6, 6.07) is 4.18. The quantitative estimate of drug-likeness (QED) is 0.568. The van der Waals surface area contributed by atoms with Crippen molar-refractivity contribution in [3.05, 3.63) is 51.2 Å². The van der Waals surface area contributed by atoms with Crippen molar-refractivity contribution in [1.82, 2.24) is 19.4 Å². The van der Waals surface area contributed by atoms with E-state index < -0.39 is 0 Å². The Bertz CT molecular complexity index is 1200. The van der Waals surface area contributed by atoms with Gasteiger partial charge in [-0.25, -0.2) is 9.97 Å². The average Bonchev–Trinajstić information content (AvgIpc) is 3.19. The van der Waals surface area contributed by atoms with Crippen molar-refractivity contribution in [1.29, 1.82) is 0 Å². The van der Waals surface area contributed by atoms with Gasteiger partial charge in [0.15, 0.2) is 5.13 Å². The minimum Gasteiger partial charge on any atom is -0.379 e. The molecule has 2 aromatic heterocycles. The molecule has 170 valence electrons. The zero-order valence-electron chi connectivity index (χ0n) is 19.1. The van der Waals surface area contributed by atoms with Crippen LogP contribution in [0.25, 0.3) is 10.2 Å². The van der Waals surface area contributed by atoms with Gasteiger partial charge in [-0.2, -0.15) is 0 Å². The van der Waals surface area contributed by atoms with Gasteiger partial charge >= 0.3 is 0 Å². The van der Waals surface area contributed by atoms with Crippen molar-refractivity contribution in [2.45, 2.75) is 34.2 Å². The molecule has 1 aromatic carbocycles. The number of morpholine rings is 1. The lowest BCUT2D eigenvalue weighted by atomic mass is 10.1. The number of hydrogen-bond acceptors (Lipinski definition) is 7. The van der Waals surface area contributed by atoms with E-state index in [4.69, 9.17) is 9.72 Å². The Morgan fingerprint density at radius 1 is 1.19 bits per heavy atom. The maximum Gasteiger partial charge on any atom is 0.256 e. The predicted octanol–water partition coefficient (Wildman–Crippen LogP) is 2.45. The summed E-state index contributed by atoms with van der Waals surface area (Å²) in [5, 5.41) is 0.664. The first-order valence-electron chi connectivity index (χ1n) is 10.8. The standard InChI is InChI=1S/C23H29N5O3S/c1-15-11-16(2)21-19(12-15)25-23(32-21)28(6-5-26-7-9-31-10-8-26)20(29)13-27-14-24-18(4)17(3)22(27)30/h11-12,14H,5-10,13H2,1-4H3. The molecule has 0 spiro atoms. The lowest BCUT2D eigenvalue weighted by Gasteiger charge is -2.29. The highest BCUT2D eigenvalue weighted by molar-refractivity contribution is 7.22. The van der Waals surface area contributed by atoms with Gasteiger partial charge in [0.05, 0.1) is 29.8 Å². The lowest BCUT2D eigenvalue weighted by Crippen LogP contribution is -2.44. The average molecular weight is 456 g/mol. The van der Waals surface area contributed by atoms with Gasteiger partial charge in [0.1, 0.15) is 6.54 Å². The molecular formula is C23H29N5O3S. The Kier molecular flexibility index (Phi) is 6.68. The molecule has 1 aliphatic rings. The smallest absolute Gasteiger partial charge is 0.256 e. The summed E-state index contributed by atoms with van der Waals surface area (Å²) in [5.41, 5.74) is 4.25. The van der Waals surface area contributed by atoms with Crippen LogP contribution in [0.1, 0.15) is 22.4 Å². The van der Waals surface area contributed by atoms with Crippen molar-refractivity contribution in [2.75, 3.05) is 44.3 Å². The Morgan fingerprint density at radius 2 is 1.94 bits per heavy atom. The van der Waals surface area contributed by atoms with E-state index in [1.807, 2.05) is 13.0 Å². The fourth-order valence-corrected chi connectivity index (χ4v) is 4.95. The summed E-state index contributed by atoms with van der Waals surface area (Å²) in [6.45, 7) is 11.9. The van der Waals surface area contributed by atoms with Gasteiger partial charge in [-0.15, -0.1) is 0 Å². The van der Waals surface area contributed by atoms with E-state index in [1.54, 1.807) is 18.7 Å². The van der Waals surface area contributed by atoms with E-state index in [9.17, 15) is 9.59 Å². The van der Waals surface area contributed by atoms with Crippen molar-refractivity contribution < 1.29 is 9.53 Å². The molecule has 0 aliphatic carbocycles. The zero-order chi connectivity index (χ0) is 22.8. The molecule has 1 fully saturated rings. The molecule has 1 amide bonds. The molecular weight excluding hydrogens is 426 g/mol. The molecule has 3 aromatic rings. The molecule has 0 N–H and O–H groups in total. The topological polar surface area (TPSA) is 80.6 Å². The number of amides is 1. The van der Waals surface area contributed by atoms with Gasteiger partial charge in [-0.05, 0) is 44.9 Å². The maximum absolute atomic E-state index is 13.4. The summed E-state index contributed by atoms with van der Waals surface area (Å²) in [7, 11) is 0. The van der Waals surface area contributed by atoms with Crippen LogP contribution in [0, 0.1) is 27.7 Å². The monoisotopic (exact) mass is 455 g/mol. The fraction of sp³-hybridized carbons (Fsp3) is 0.478. The Labute approximate surface area is 191 Å². The van der Waals surface area contributed by atoms with Gasteiger partial charge in [0, 0.05) is 37.4 Å². The van der Waals surface area contributed by atoms with E-state index in [2.05, 4.69) is 22.9 Å². The number of aryl methyl sites for hydroxylation is 3. The van der Waals surface area contributed by atoms with E-state index in [0.29, 0.717) is 36.1 Å². The summed E-state index contributed by atoms with van der Waals surface area (Å²) >= 11 is 1.52. The van der Waals surface area contributed by atoms with Crippen LogP contribution in [-0.4, -0.2) is 64.7 Å². The second kappa shape index (κ2) is 9.48. The second-order valence-corrected chi connectivity index (χ2v) is 9.29. The van der Waals surface area contributed by atoms with E-state index in [0.717, 1.165) is 41.0 Å². The molecule has 1 aliphatic heterocycles. The number of fused-ring (bicyclic) bond motifs is 1. The number of hydrogen-bond donors (Lipinski definition) is 0. The molecule has 0 atom stereocenters. The van der Waals surface area contributed by atoms with Gasteiger partial charge in [-0.1, -0.05) is 17.4 Å². The first-order chi connectivity index (χ1) is 15.3. The van der Waals surface area contributed by atoms with Gasteiger partial charge in [-0.3, -0.25) is 24.0 Å². The minimum atomic E-state index is -0.185. The molecule has 3 heterocycles. The molecule has 0 saturated carbocycles. The summed E-state index contributed by atoms with van der Waals surface area (Å²) in [6.07, 6.45) is 1.45. The molecule has 8 nitrogen and oxygen atoms in total. The molecule has 0 bridgehead atoms.